The van der Waals surface area contributed by atoms with E-state index in [1.165, 1.54) is 7.05 Å². The van der Waals surface area contributed by atoms with Crippen LogP contribution in [0, 0.1) is 0 Å². The van der Waals surface area contributed by atoms with Gasteiger partial charge in [-0.1, -0.05) is 13.3 Å². The zero-order valence-corrected chi connectivity index (χ0v) is 11.2. The zero-order chi connectivity index (χ0) is 14.0. The summed E-state index contributed by atoms with van der Waals surface area (Å²) in [6.07, 6.45) is 3.45. The Hall–Kier alpha value is -1.95. The lowest BCUT2D eigenvalue weighted by atomic mass is 10.2. The van der Waals surface area contributed by atoms with Gasteiger partial charge in [0.25, 0.3) is 5.56 Å². The average molecular weight is 262 g/mol. The Morgan fingerprint density at radius 1 is 1.37 bits per heavy atom. The van der Waals surface area contributed by atoms with Gasteiger partial charge in [0.2, 0.25) is 0 Å². The Bertz CT molecular complexity index is 715. The third kappa shape index (κ3) is 2.31. The Balaban J connectivity index is 2.80. The number of fused-ring (bicyclic) bond motifs is 1. The highest BCUT2D eigenvalue weighted by atomic mass is 16.2. The molecule has 6 heteroatoms. The van der Waals surface area contributed by atoms with Gasteiger partial charge >= 0.3 is 5.69 Å². The van der Waals surface area contributed by atoms with Crippen LogP contribution in [0.2, 0.25) is 0 Å². The number of aryl methyl sites for hydroxylation is 1. The summed E-state index contributed by atoms with van der Waals surface area (Å²) < 4.78 is 2.68. The molecule has 0 unspecified atom stereocenters. The second kappa shape index (κ2) is 5.36. The number of pyridine rings is 1. The van der Waals surface area contributed by atoms with Crippen molar-refractivity contribution in [2.24, 2.45) is 12.8 Å². The van der Waals surface area contributed by atoms with E-state index in [1.807, 2.05) is 0 Å². The Morgan fingerprint density at radius 3 is 2.74 bits per heavy atom. The second-order valence-electron chi connectivity index (χ2n) is 4.57. The third-order valence-corrected chi connectivity index (χ3v) is 3.20. The highest BCUT2D eigenvalue weighted by Crippen LogP contribution is 2.08. The van der Waals surface area contributed by atoms with E-state index in [2.05, 4.69) is 11.9 Å². The lowest BCUT2D eigenvalue weighted by molar-refractivity contribution is 0.583. The topological polar surface area (TPSA) is 82.9 Å². The average Bonchev–Trinajstić information content (AvgIpc) is 2.44. The molecule has 19 heavy (non-hydrogen) atoms. The molecule has 0 bridgehead atoms. The summed E-state index contributed by atoms with van der Waals surface area (Å²) in [4.78, 5) is 28.5. The fourth-order valence-corrected chi connectivity index (χ4v) is 2.04. The van der Waals surface area contributed by atoms with Crippen LogP contribution in [0.1, 0.15) is 25.3 Å². The quantitative estimate of drug-likeness (QED) is 0.862. The second-order valence-corrected chi connectivity index (χ2v) is 4.57. The molecule has 102 valence electrons. The minimum Gasteiger partial charge on any atom is -0.326 e. The van der Waals surface area contributed by atoms with Crippen LogP contribution in [0.5, 0.6) is 0 Å². The first-order valence-corrected chi connectivity index (χ1v) is 6.38. The molecule has 0 saturated heterocycles. The molecule has 0 spiro atoms. The molecule has 2 N–H and O–H groups in total. The van der Waals surface area contributed by atoms with Crippen LogP contribution in [-0.2, 0) is 20.1 Å². The van der Waals surface area contributed by atoms with Crippen LogP contribution in [0.3, 0.4) is 0 Å². The molecule has 0 aliphatic rings. The Morgan fingerprint density at radius 2 is 2.11 bits per heavy atom. The van der Waals surface area contributed by atoms with Crippen LogP contribution in [0.25, 0.3) is 11.0 Å². The van der Waals surface area contributed by atoms with Crippen LogP contribution >= 0.6 is 0 Å². The maximum Gasteiger partial charge on any atom is 0.332 e. The van der Waals surface area contributed by atoms with Crippen molar-refractivity contribution in [2.75, 3.05) is 0 Å². The minimum absolute atomic E-state index is 0.320. The van der Waals surface area contributed by atoms with Crippen molar-refractivity contribution in [3.05, 3.63) is 38.7 Å². The van der Waals surface area contributed by atoms with E-state index in [9.17, 15) is 9.59 Å². The highest BCUT2D eigenvalue weighted by molar-refractivity contribution is 5.74. The van der Waals surface area contributed by atoms with Crippen molar-refractivity contribution in [2.45, 2.75) is 32.9 Å². The van der Waals surface area contributed by atoms with Gasteiger partial charge in [0.05, 0.1) is 5.39 Å². The predicted molar refractivity (Wildman–Crippen MR) is 74.0 cm³/mol. The van der Waals surface area contributed by atoms with Gasteiger partial charge in [0.15, 0.2) is 0 Å². The molecule has 0 amide bonds. The van der Waals surface area contributed by atoms with E-state index < -0.39 is 0 Å². The molecule has 0 saturated carbocycles. The van der Waals surface area contributed by atoms with E-state index >= 15 is 0 Å². The van der Waals surface area contributed by atoms with Gasteiger partial charge in [-0.3, -0.25) is 13.9 Å². The van der Waals surface area contributed by atoms with Crippen molar-refractivity contribution in [3.8, 4) is 0 Å². The normalized spacial score (nSPS) is 11.1. The van der Waals surface area contributed by atoms with E-state index in [4.69, 9.17) is 5.73 Å². The van der Waals surface area contributed by atoms with Gasteiger partial charge in [-0.15, -0.1) is 0 Å². The third-order valence-electron chi connectivity index (χ3n) is 3.20. The predicted octanol–water partition coefficient (Wildman–Crippen LogP) is 0.354. The van der Waals surface area contributed by atoms with Gasteiger partial charge in [-0.05, 0) is 18.1 Å². The number of nitrogens with two attached hydrogens (primary N) is 1. The minimum atomic E-state index is -0.324. The molecule has 0 aromatic carbocycles. The van der Waals surface area contributed by atoms with E-state index in [1.54, 1.807) is 16.8 Å². The monoisotopic (exact) mass is 262 g/mol. The molecule has 2 aromatic rings. The summed E-state index contributed by atoms with van der Waals surface area (Å²) in [5.41, 5.74) is 6.14. The van der Waals surface area contributed by atoms with Gasteiger partial charge < -0.3 is 5.73 Å². The first-order chi connectivity index (χ1) is 9.10. The molecule has 0 aliphatic carbocycles. The van der Waals surface area contributed by atoms with Crippen molar-refractivity contribution >= 4 is 11.0 Å². The van der Waals surface area contributed by atoms with E-state index in [-0.39, 0.29) is 11.2 Å². The van der Waals surface area contributed by atoms with Gasteiger partial charge in [-0.25, -0.2) is 9.78 Å². The maximum atomic E-state index is 12.1. The van der Waals surface area contributed by atoms with Gasteiger partial charge in [0.1, 0.15) is 5.65 Å². The zero-order valence-electron chi connectivity index (χ0n) is 11.2. The lowest BCUT2D eigenvalue weighted by Gasteiger charge is -2.11. The largest absolute Gasteiger partial charge is 0.332 e. The van der Waals surface area contributed by atoms with Crippen molar-refractivity contribution < 1.29 is 0 Å². The summed E-state index contributed by atoms with van der Waals surface area (Å²) in [6.45, 7) is 2.93. The number of rotatable bonds is 4. The number of nitrogens with zero attached hydrogens (tertiary/aromatic N) is 3. The van der Waals surface area contributed by atoms with Crippen molar-refractivity contribution in [3.63, 3.8) is 0 Å². The standard InChI is InChI=1S/C13H18N4O2/c1-3-4-5-17-11-10(6-9(7-14)8-15-11)12(18)16(2)13(17)19/h6,8H,3-5,7,14H2,1-2H3. The van der Waals surface area contributed by atoms with E-state index in [0.717, 1.165) is 23.0 Å². The van der Waals surface area contributed by atoms with Crippen LogP contribution < -0.4 is 17.0 Å². The molecule has 0 fully saturated rings. The van der Waals surface area contributed by atoms with Crippen LogP contribution in [0.15, 0.2) is 21.9 Å². The molecule has 0 radical (unpaired) electrons. The van der Waals surface area contributed by atoms with Gasteiger partial charge in [-0.2, -0.15) is 0 Å². The van der Waals surface area contributed by atoms with Crippen LogP contribution in [0.4, 0.5) is 0 Å². The summed E-state index contributed by atoms with van der Waals surface area (Å²) in [6, 6.07) is 1.71. The maximum absolute atomic E-state index is 12.1. The number of hydrogen-bond donors (Lipinski definition) is 1. The lowest BCUT2D eigenvalue weighted by Crippen LogP contribution is -2.38. The molecule has 2 aromatic heterocycles. The first-order valence-electron chi connectivity index (χ1n) is 6.38. The number of hydrogen-bond acceptors (Lipinski definition) is 4. The molecule has 0 aliphatic heterocycles. The fourth-order valence-electron chi connectivity index (χ4n) is 2.04. The van der Waals surface area contributed by atoms with Crippen LogP contribution in [-0.4, -0.2) is 14.1 Å². The molecular formula is C13H18N4O2. The van der Waals surface area contributed by atoms with E-state index in [0.29, 0.717) is 24.1 Å². The fraction of sp³-hybridized carbons (Fsp3) is 0.462. The number of aromatic nitrogens is 3. The summed E-state index contributed by atoms with van der Waals surface area (Å²) >= 11 is 0. The smallest absolute Gasteiger partial charge is 0.326 e. The summed E-state index contributed by atoms with van der Waals surface area (Å²) in [7, 11) is 1.49. The number of unbranched alkanes of at least 4 members (excludes halogenated alkanes) is 1. The van der Waals surface area contributed by atoms with Gasteiger partial charge in [0, 0.05) is 26.3 Å². The summed E-state index contributed by atoms with van der Waals surface area (Å²) in [5, 5.41) is 0.446. The Kier molecular flexibility index (Phi) is 3.80. The summed E-state index contributed by atoms with van der Waals surface area (Å²) in [5.74, 6) is 0. The Labute approximate surface area is 110 Å². The molecule has 2 rings (SSSR count). The van der Waals surface area contributed by atoms with Crippen molar-refractivity contribution in [1.29, 1.82) is 0 Å². The highest BCUT2D eigenvalue weighted by Gasteiger charge is 2.11. The molecular weight excluding hydrogens is 244 g/mol. The SMILES string of the molecule is CCCCn1c(=O)n(C)c(=O)c2cc(CN)cnc21. The molecule has 2 heterocycles. The molecule has 0 atom stereocenters. The molecule has 6 nitrogen and oxygen atoms in total. The first kappa shape index (κ1) is 13.5. The van der Waals surface area contributed by atoms with Crippen molar-refractivity contribution in [1.82, 2.24) is 14.1 Å².